The molecule has 19 heavy (non-hydrogen) atoms. The first kappa shape index (κ1) is 13.6. The number of carbonyl (C=O) groups is 2. The summed E-state index contributed by atoms with van der Waals surface area (Å²) in [4.78, 5) is 23.9. The van der Waals surface area contributed by atoms with E-state index in [1.165, 1.54) is 0 Å². The Hall–Kier alpha value is -1.84. The van der Waals surface area contributed by atoms with Crippen molar-refractivity contribution in [2.24, 2.45) is 11.1 Å². The molecule has 4 nitrogen and oxygen atoms in total. The molecule has 0 aromatic heterocycles. The SMILES string of the molecule is NC(=O)C1(C(=O)OCc2ccccc2)CCCCC1. The van der Waals surface area contributed by atoms with Gasteiger partial charge in [-0.1, -0.05) is 49.6 Å². The van der Waals surface area contributed by atoms with E-state index >= 15 is 0 Å². The Morgan fingerprint density at radius 1 is 1.11 bits per heavy atom. The van der Waals surface area contributed by atoms with E-state index in [1.807, 2.05) is 30.3 Å². The third-order valence-corrected chi connectivity index (χ3v) is 3.78. The highest BCUT2D eigenvalue weighted by Crippen LogP contribution is 2.37. The van der Waals surface area contributed by atoms with Crippen LogP contribution in [0.1, 0.15) is 37.7 Å². The van der Waals surface area contributed by atoms with Crippen LogP contribution in [0.3, 0.4) is 0 Å². The standard InChI is InChI=1S/C15H19NO3/c16-13(17)15(9-5-2-6-10-15)14(18)19-11-12-7-3-1-4-8-12/h1,3-4,7-8H,2,5-6,9-11H2,(H2,16,17). The molecular formula is C15H19NO3. The first-order chi connectivity index (χ1) is 9.15. The lowest BCUT2D eigenvalue weighted by Gasteiger charge is -2.31. The van der Waals surface area contributed by atoms with Crippen molar-refractivity contribution in [3.8, 4) is 0 Å². The van der Waals surface area contributed by atoms with Gasteiger partial charge in [-0.15, -0.1) is 0 Å². The van der Waals surface area contributed by atoms with Gasteiger partial charge in [0.25, 0.3) is 0 Å². The summed E-state index contributed by atoms with van der Waals surface area (Å²) in [5, 5.41) is 0. The number of hydrogen-bond donors (Lipinski definition) is 1. The van der Waals surface area contributed by atoms with Crippen LogP contribution in [-0.2, 0) is 20.9 Å². The average Bonchev–Trinajstić information content (AvgIpc) is 2.46. The summed E-state index contributed by atoms with van der Waals surface area (Å²) in [6.45, 7) is 0.189. The molecule has 1 amide bonds. The Kier molecular flexibility index (Phi) is 4.20. The molecule has 0 aliphatic heterocycles. The Bertz CT molecular complexity index is 450. The normalized spacial score (nSPS) is 17.7. The molecule has 2 rings (SSSR count). The van der Waals surface area contributed by atoms with Gasteiger partial charge >= 0.3 is 5.97 Å². The molecule has 0 bridgehead atoms. The molecule has 1 aliphatic rings. The highest BCUT2D eigenvalue weighted by molar-refractivity contribution is 6.02. The van der Waals surface area contributed by atoms with E-state index in [2.05, 4.69) is 0 Å². The predicted molar refractivity (Wildman–Crippen MR) is 71.0 cm³/mol. The van der Waals surface area contributed by atoms with Gasteiger partial charge in [-0.25, -0.2) is 0 Å². The van der Waals surface area contributed by atoms with E-state index in [1.54, 1.807) is 0 Å². The van der Waals surface area contributed by atoms with Gasteiger partial charge in [0.15, 0.2) is 0 Å². The molecule has 0 radical (unpaired) electrons. The molecule has 0 heterocycles. The van der Waals surface area contributed by atoms with Gasteiger partial charge in [0.05, 0.1) is 0 Å². The van der Waals surface area contributed by atoms with Crippen LogP contribution < -0.4 is 5.73 Å². The molecule has 1 aromatic rings. The van der Waals surface area contributed by atoms with Crippen LogP contribution in [0.5, 0.6) is 0 Å². The van der Waals surface area contributed by atoms with Gasteiger partial charge in [-0.2, -0.15) is 0 Å². The number of rotatable bonds is 4. The van der Waals surface area contributed by atoms with Gasteiger partial charge < -0.3 is 10.5 Å². The minimum atomic E-state index is -1.10. The molecule has 102 valence electrons. The number of primary amides is 1. The lowest BCUT2D eigenvalue weighted by atomic mass is 9.73. The highest BCUT2D eigenvalue weighted by Gasteiger charge is 2.46. The molecule has 1 aromatic carbocycles. The summed E-state index contributed by atoms with van der Waals surface area (Å²) >= 11 is 0. The Morgan fingerprint density at radius 2 is 1.74 bits per heavy atom. The number of ether oxygens (including phenoxy) is 1. The predicted octanol–water partition coefficient (Wildman–Crippen LogP) is 2.17. The second-order valence-electron chi connectivity index (χ2n) is 5.07. The maximum atomic E-state index is 12.2. The second-order valence-corrected chi connectivity index (χ2v) is 5.07. The number of benzene rings is 1. The summed E-state index contributed by atoms with van der Waals surface area (Å²) in [5.74, 6) is -1.02. The molecule has 0 atom stereocenters. The summed E-state index contributed by atoms with van der Waals surface area (Å²) < 4.78 is 5.29. The Balaban J connectivity index is 2.02. The third-order valence-electron chi connectivity index (χ3n) is 3.78. The Morgan fingerprint density at radius 3 is 2.32 bits per heavy atom. The molecule has 1 fully saturated rings. The minimum absolute atomic E-state index is 0.189. The number of esters is 1. The van der Waals surface area contributed by atoms with E-state index in [9.17, 15) is 9.59 Å². The quantitative estimate of drug-likeness (QED) is 0.667. The number of hydrogen-bond acceptors (Lipinski definition) is 3. The van der Waals surface area contributed by atoms with Gasteiger partial charge in [0.1, 0.15) is 12.0 Å². The molecule has 0 saturated heterocycles. The van der Waals surface area contributed by atoms with Crippen molar-refractivity contribution < 1.29 is 14.3 Å². The maximum absolute atomic E-state index is 12.2. The fraction of sp³-hybridized carbons (Fsp3) is 0.467. The Labute approximate surface area is 112 Å². The van der Waals surface area contributed by atoms with Crippen LogP contribution in [0.25, 0.3) is 0 Å². The van der Waals surface area contributed by atoms with Gasteiger partial charge in [-0.05, 0) is 18.4 Å². The summed E-state index contributed by atoms with van der Waals surface area (Å²) in [6, 6.07) is 9.43. The van der Waals surface area contributed by atoms with Crippen molar-refractivity contribution in [3.63, 3.8) is 0 Å². The molecule has 0 unspecified atom stereocenters. The fourth-order valence-corrected chi connectivity index (χ4v) is 2.57. The van der Waals surface area contributed by atoms with Gasteiger partial charge in [0.2, 0.25) is 5.91 Å². The van der Waals surface area contributed by atoms with Crippen LogP contribution in [0.4, 0.5) is 0 Å². The topological polar surface area (TPSA) is 69.4 Å². The first-order valence-corrected chi connectivity index (χ1v) is 6.66. The second kappa shape index (κ2) is 5.87. The summed E-state index contributed by atoms with van der Waals surface area (Å²) in [7, 11) is 0. The fourth-order valence-electron chi connectivity index (χ4n) is 2.57. The largest absolute Gasteiger partial charge is 0.460 e. The van der Waals surface area contributed by atoms with Gasteiger partial charge in [-0.3, -0.25) is 9.59 Å². The molecule has 0 spiro atoms. The number of amides is 1. The zero-order valence-corrected chi connectivity index (χ0v) is 10.9. The zero-order chi connectivity index (χ0) is 13.7. The van der Waals surface area contributed by atoms with E-state index in [-0.39, 0.29) is 6.61 Å². The summed E-state index contributed by atoms with van der Waals surface area (Å²) in [6.07, 6.45) is 3.76. The van der Waals surface area contributed by atoms with Gasteiger partial charge in [0, 0.05) is 0 Å². The molecule has 2 N–H and O–H groups in total. The van der Waals surface area contributed by atoms with Crippen molar-refractivity contribution in [2.45, 2.75) is 38.7 Å². The average molecular weight is 261 g/mol. The highest BCUT2D eigenvalue weighted by atomic mass is 16.5. The lowest BCUT2D eigenvalue weighted by molar-refractivity contribution is -0.164. The monoisotopic (exact) mass is 261 g/mol. The van der Waals surface area contributed by atoms with Crippen molar-refractivity contribution >= 4 is 11.9 Å². The molecule has 4 heteroatoms. The van der Waals surface area contributed by atoms with Crippen LogP contribution in [0, 0.1) is 5.41 Å². The first-order valence-electron chi connectivity index (χ1n) is 6.66. The van der Waals surface area contributed by atoms with Crippen molar-refractivity contribution in [1.29, 1.82) is 0 Å². The smallest absolute Gasteiger partial charge is 0.321 e. The molecule has 1 aliphatic carbocycles. The van der Waals surface area contributed by atoms with Crippen LogP contribution in [-0.4, -0.2) is 11.9 Å². The lowest BCUT2D eigenvalue weighted by Crippen LogP contribution is -2.46. The van der Waals surface area contributed by atoms with E-state index < -0.39 is 17.3 Å². The van der Waals surface area contributed by atoms with Crippen molar-refractivity contribution in [1.82, 2.24) is 0 Å². The van der Waals surface area contributed by atoms with Crippen LogP contribution in [0.2, 0.25) is 0 Å². The van der Waals surface area contributed by atoms with Crippen LogP contribution >= 0.6 is 0 Å². The van der Waals surface area contributed by atoms with E-state index in [4.69, 9.17) is 10.5 Å². The van der Waals surface area contributed by atoms with E-state index in [0.29, 0.717) is 12.8 Å². The van der Waals surface area contributed by atoms with Crippen molar-refractivity contribution in [2.75, 3.05) is 0 Å². The third kappa shape index (κ3) is 2.95. The number of carbonyl (C=O) groups excluding carboxylic acids is 2. The van der Waals surface area contributed by atoms with Crippen molar-refractivity contribution in [3.05, 3.63) is 35.9 Å². The number of nitrogens with two attached hydrogens (primary N) is 1. The maximum Gasteiger partial charge on any atom is 0.321 e. The summed E-state index contributed by atoms with van der Waals surface area (Å²) in [5.41, 5.74) is 5.24. The van der Waals surface area contributed by atoms with Crippen LogP contribution in [0.15, 0.2) is 30.3 Å². The minimum Gasteiger partial charge on any atom is -0.460 e. The molecule has 1 saturated carbocycles. The van der Waals surface area contributed by atoms with E-state index in [0.717, 1.165) is 24.8 Å². The molecular weight excluding hydrogens is 242 g/mol. The zero-order valence-electron chi connectivity index (χ0n) is 10.9.